The van der Waals surface area contributed by atoms with E-state index in [1.54, 1.807) is 12.1 Å². The number of hydrogen-bond acceptors (Lipinski definition) is 2. The fourth-order valence-corrected chi connectivity index (χ4v) is 2.16. The van der Waals surface area contributed by atoms with E-state index < -0.39 is 17.6 Å². The summed E-state index contributed by atoms with van der Waals surface area (Å²) in [5.41, 5.74) is 1.54. The Balaban J connectivity index is 2.18. The number of rotatable bonds is 3. The van der Waals surface area contributed by atoms with E-state index >= 15 is 0 Å². The van der Waals surface area contributed by atoms with E-state index in [4.69, 9.17) is 4.74 Å². The summed E-state index contributed by atoms with van der Waals surface area (Å²) < 4.78 is 32.2. The number of hydrogen-bond donors (Lipinski definition) is 0. The van der Waals surface area contributed by atoms with Gasteiger partial charge in [0.05, 0.1) is 5.56 Å². The predicted octanol–water partition coefficient (Wildman–Crippen LogP) is 4.43. The van der Waals surface area contributed by atoms with Crippen molar-refractivity contribution >= 4 is 28.6 Å². The third-order valence-electron chi connectivity index (χ3n) is 2.74. The number of carbonyl (C=O) groups excluding carboxylic acids is 1. The summed E-state index contributed by atoms with van der Waals surface area (Å²) in [5, 5.41) is 0. The number of ether oxygens (including phenoxy) is 1. The summed E-state index contributed by atoms with van der Waals surface area (Å²) in [6.07, 6.45) is 0. The minimum atomic E-state index is -1.03. The first-order valence-corrected chi connectivity index (χ1v) is 7.36. The first-order valence-electron chi connectivity index (χ1n) is 5.84. The van der Waals surface area contributed by atoms with Gasteiger partial charge in [0.15, 0.2) is 11.6 Å². The molecule has 20 heavy (non-hydrogen) atoms. The first-order chi connectivity index (χ1) is 9.51. The van der Waals surface area contributed by atoms with Crippen LogP contribution in [-0.2, 0) is 4.43 Å². The summed E-state index contributed by atoms with van der Waals surface area (Å²) in [7, 11) is 0. The van der Waals surface area contributed by atoms with E-state index in [0.29, 0.717) is 5.56 Å². The van der Waals surface area contributed by atoms with Crippen LogP contribution in [-0.4, -0.2) is 5.97 Å². The Bertz CT molecular complexity index is 616. The van der Waals surface area contributed by atoms with Crippen LogP contribution in [0.25, 0.3) is 0 Å². The zero-order valence-electron chi connectivity index (χ0n) is 10.6. The highest BCUT2D eigenvalue weighted by atomic mass is 127. The minimum absolute atomic E-state index is 0.00984. The second-order valence-electron chi connectivity index (χ2n) is 4.26. The van der Waals surface area contributed by atoms with Crippen molar-refractivity contribution in [1.29, 1.82) is 0 Å². The van der Waals surface area contributed by atoms with Gasteiger partial charge < -0.3 is 4.74 Å². The third-order valence-corrected chi connectivity index (χ3v) is 3.62. The average Bonchev–Trinajstić information content (AvgIpc) is 2.44. The highest BCUT2D eigenvalue weighted by molar-refractivity contribution is 14.1. The lowest BCUT2D eigenvalue weighted by Gasteiger charge is -2.07. The molecule has 0 radical (unpaired) electrons. The van der Waals surface area contributed by atoms with Crippen molar-refractivity contribution in [3.8, 4) is 5.75 Å². The Kier molecular flexibility index (Phi) is 4.69. The second-order valence-corrected chi connectivity index (χ2v) is 5.02. The van der Waals surface area contributed by atoms with Crippen LogP contribution in [0.2, 0.25) is 0 Å². The molecule has 2 rings (SSSR count). The predicted molar refractivity (Wildman–Crippen MR) is 80.2 cm³/mol. The molecule has 0 saturated heterocycles. The van der Waals surface area contributed by atoms with Gasteiger partial charge in [0.25, 0.3) is 0 Å². The van der Waals surface area contributed by atoms with Crippen LogP contribution in [0.4, 0.5) is 8.78 Å². The van der Waals surface area contributed by atoms with Gasteiger partial charge in [0, 0.05) is 10.5 Å². The maximum Gasteiger partial charge on any atom is 0.343 e. The molecule has 104 valence electrons. The van der Waals surface area contributed by atoms with E-state index in [9.17, 15) is 13.6 Å². The Morgan fingerprint density at radius 3 is 2.40 bits per heavy atom. The number of benzene rings is 2. The highest BCUT2D eigenvalue weighted by Crippen LogP contribution is 2.21. The Labute approximate surface area is 128 Å². The lowest BCUT2D eigenvalue weighted by molar-refractivity contribution is 0.0734. The van der Waals surface area contributed by atoms with Crippen LogP contribution in [0.1, 0.15) is 21.5 Å². The van der Waals surface area contributed by atoms with Gasteiger partial charge in [-0.05, 0) is 36.2 Å². The van der Waals surface area contributed by atoms with Crippen molar-refractivity contribution in [3.63, 3.8) is 0 Å². The SMILES string of the molecule is Cc1cc(OC(=O)c2ccc(CI)cc2)cc(F)c1F. The number of alkyl halides is 1. The molecule has 0 bridgehead atoms. The molecule has 2 aromatic rings. The zero-order chi connectivity index (χ0) is 14.7. The van der Waals surface area contributed by atoms with Crippen LogP contribution < -0.4 is 4.74 Å². The summed E-state index contributed by atoms with van der Waals surface area (Å²) in [6.45, 7) is 1.41. The summed E-state index contributed by atoms with van der Waals surface area (Å²) in [5.74, 6) is -2.58. The molecule has 0 atom stereocenters. The van der Waals surface area contributed by atoms with Crippen LogP contribution >= 0.6 is 22.6 Å². The fourth-order valence-electron chi connectivity index (χ4n) is 1.65. The van der Waals surface area contributed by atoms with Gasteiger partial charge in [0.1, 0.15) is 5.75 Å². The largest absolute Gasteiger partial charge is 0.423 e. The molecule has 0 unspecified atom stereocenters. The second kappa shape index (κ2) is 6.30. The van der Waals surface area contributed by atoms with Crippen LogP contribution in [0.15, 0.2) is 36.4 Å². The van der Waals surface area contributed by atoms with E-state index in [0.717, 1.165) is 16.1 Å². The minimum Gasteiger partial charge on any atom is -0.423 e. The van der Waals surface area contributed by atoms with Gasteiger partial charge in [-0.1, -0.05) is 34.7 Å². The van der Waals surface area contributed by atoms with Crippen molar-refractivity contribution < 1.29 is 18.3 Å². The number of halogens is 3. The normalized spacial score (nSPS) is 10.4. The van der Waals surface area contributed by atoms with Crippen molar-refractivity contribution in [2.75, 3.05) is 0 Å². The molecule has 0 saturated carbocycles. The van der Waals surface area contributed by atoms with E-state index in [2.05, 4.69) is 22.6 Å². The average molecular weight is 388 g/mol. The molecular weight excluding hydrogens is 377 g/mol. The van der Waals surface area contributed by atoms with Crippen LogP contribution in [0.5, 0.6) is 5.75 Å². The maximum atomic E-state index is 13.2. The standard InChI is InChI=1S/C15H11F2IO2/c1-9-6-12(7-13(16)14(9)17)20-15(19)11-4-2-10(8-18)3-5-11/h2-7H,8H2,1H3. The summed E-state index contributed by atoms with van der Waals surface area (Å²) in [6, 6.07) is 9.07. The molecule has 0 spiro atoms. The Hall–Kier alpha value is -1.50. The van der Waals surface area contributed by atoms with E-state index in [1.165, 1.54) is 13.0 Å². The van der Waals surface area contributed by atoms with Gasteiger partial charge in [-0.3, -0.25) is 0 Å². The van der Waals surface area contributed by atoms with Gasteiger partial charge in [0.2, 0.25) is 0 Å². The van der Waals surface area contributed by atoms with E-state index in [-0.39, 0.29) is 11.3 Å². The molecule has 0 aliphatic rings. The molecule has 0 aliphatic heterocycles. The van der Waals surface area contributed by atoms with Crippen molar-refractivity contribution in [2.24, 2.45) is 0 Å². The molecule has 0 amide bonds. The van der Waals surface area contributed by atoms with E-state index in [1.807, 2.05) is 12.1 Å². The van der Waals surface area contributed by atoms with Gasteiger partial charge >= 0.3 is 5.97 Å². The van der Waals surface area contributed by atoms with Crippen molar-refractivity contribution in [2.45, 2.75) is 11.4 Å². The Morgan fingerprint density at radius 2 is 1.85 bits per heavy atom. The third kappa shape index (κ3) is 3.33. The topological polar surface area (TPSA) is 26.3 Å². The molecule has 2 aromatic carbocycles. The summed E-state index contributed by atoms with van der Waals surface area (Å²) in [4.78, 5) is 11.9. The molecule has 0 aliphatic carbocycles. The monoisotopic (exact) mass is 388 g/mol. The molecule has 2 nitrogen and oxygen atoms in total. The van der Waals surface area contributed by atoms with Crippen LogP contribution in [0, 0.1) is 18.6 Å². The van der Waals surface area contributed by atoms with Crippen LogP contribution in [0.3, 0.4) is 0 Å². The first kappa shape index (κ1) is 14.9. The van der Waals surface area contributed by atoms with Gasteiger partial charge in [-0.2, -0.15) is 0 Å². The van der Waals surface area contributed by atoms with Gasteiger partial charge in [-0.15, -0.1) is 0 Å². The molecule has 0 heterocycles. The molecule has 0 aromatic heterocycles. The van der Waals surface area contributed by atoms with Gasteiger partial charge in [-0.25, -0.2) is 13.6 Å². The highest BCUT2D eigenvalue weighted by Gasteiger charge is 2.12. The molecule has 5 heteroatoms. The summed E-state index contributed by atoms with van der Waals surface area (Å²) >= 11 is 2.22. The molecule has 0 fully saturated rings. The quantitative estimate of drug-likeness (QED) is 0.337. The fraction of sp³-hybridized carbons (Fsp3) is 0.133. The number of carbonyl (C=O) groups is 1. The lowest BCUT2D eigenvalue weighted by atomic mass is 10.1. The van der Waals surface area contributed by atoms with Crippen molar-refractivity contribution in [3.05, 3.63) is 64.7 Å². The maximum absolute atomic E-state index is 13.2. The number of esters is 1. The smallest absolute Gasteiger partial charge is 0.343 e. The zero-order valence-corrected chi connectivity index (χ0v) is 12.8. The number of aryl methyl sites for hydroxylation is 1. The van der Waals surface area contributed by atoms with Crippen molar-refractivity contribution in [1.82, 2.24) is 0 Å². The Morgan fingerprint density at radius 1 is 1.20 bits per heavy atom. The molecular formula is C15H11F2IO2. The lowest BCUT2D eigenvalue weighted by Crippen LogP contribution is -2.09. The molecule has 0 N–H and O–H groups in total.